The molecule has 2 aromatic carbocycles. The Morgan fingerprint density at radius 2 is 1.61 bits per heavy atom. The smallest absolute Gasteiger partial charge is 0.324 e. The lowest BCUT2D eigenvalue weighted by Crippen LogP contribution is -2.42. The van der Waals surface area contributed by atoms with Crippen molar-refractivity contribution in [3.8, 4) is 5.75 Å². The first kappa shape index (κ1) is 23.5. The third-order valence-corrected chi connectivity index (χ3v) is 8.82. The second-order valence-corrected chi connectivity index (χ2v) is 11.0. The Labute approximate surface area is 214 Å². The standard InChI is InChI=1S/C30H37N3O3/c34-29(36-28-13-8-21-2-1-3-25(21)20-28)24-6-11-27(12-7-24)33-19-18-32(30(33)35)26-9-4-22(5-10-26)23-14-16-31-17-15-23/h4-5,8-10,13,20,23-24,27,31H,1-3,6-7,11-12,14-19H2/t24-,27-. The van der Waals surface area contributed by atoms with Crippen LogP contribution in [-0.2, 0) is 17.6 Å². The average molecular weight is 488 g/mol. The van der Waals surface area contributed by atoms with Crippen LogP contribution in [0.1, 0.15) is 67.6 Å². The number of ether oxygens (including phenoxy) is 1. The first-order valence-corrected chi connectivity index (χ1v) is 13.9. The Balaban J connectivity index is 1.02. The number of fused-ring (bicyclic) bond motifs is 1. The Hall–Kier alpha value is -2.86. The minimum absolute atomic E-state index is 0.0779. The predicted octanol–water partition coefficient (Wildman–Crippen LogP) is 5.05. The number of aryl methyl sites for hydroxylation is 2. The Bertz CT molecular complexity index is 1100. The highest BCUT2D eigenvalue weighted by molar-refractivity contribution is 5.94. The summed E-state index contributed by atoms with van der Waals surface area (Å²) in [7, 11) is 0. The molecule has 1 saturated carbocycles. The minimum atomic E-state index is -0.116. The number of esters is 1. The summed E-state index contributed by atoms with van der Waals surface area (Å²) in [6, 6.07) is 15.0. The van der Waals surface area contributed by atoms with E-state index in [2.05, 4.69) is 35.6 Å². The highest BCUT2D eigenvalue weighted by Crippen LogP contribution is 2.34. The molecule has 0 aromatic heterocycles. The van der Waals surface area contributed by atoms with Gasteiger partial charge in [0.15, 0.2) is 0 Å². The van der Waals surface area contributed by atoms with Gasteiger partial charge in [0.2, 0.25) is 0 Å². The first-order valence-electron chi connectivity index (χ1n) is 13.9. The van der Waals surface area contributed by atoms with Gasteiger partial charge in [0.1, 0.15) is 5.75 Å². The van der Waals surface area contributed by atoms with Gasteiger partial charge in [0.25, 0.3) is 0 Å². The van der Waals surface area contributed by atoms with Crippen LogP contribution in [0.15, 0.2) is 42.5 Å². The molecule has 36 heavy (non-hydrogen) atoms. The van der Waals surface area contributed by atoms with Crippen molar-refractivity contribution in [1.29, 1.82) is 0 Å². The van der Waals surface area contributed by atoms with E-state index >= 15 is 0 Å². The summed E-state index contributed by atoms with van der Waals surface area (Å²) in [6.45, 7) is 3.65. The van der Waals surface area contributed by atoms with Crippen molar-refractivity contribution in [1.82, 2.24) is 10.2 Å². The van der Waals surface area contributed by atoms with Crippen LogP contribution in [0.25, 0.3) is 0 Å². The van der Waals surface area contributed by atoms with E-state index in [9.17, 15) is 9.59 Å². The van der Waals surface area contributed by atoms with Crippen molar-refractivity contribution >= 4 is 17.7 Å². The molecule has 4 aliphatic rings. The zero-order chi connectivity index (χ0) is 24.5. The normalized spacial score (nSPS) is 24.7. The van der Waals surface area contributed by atoms with Gasteiger partial charge in [0, 0.05) is 24.8 Å². The molecule has 2 saturated heterocycles. The van der Waals surface area contributed by atoms with Crippen LogP contribution >= 0.6 is 0 Å². The van der Waals surface area contributed by atoms with Gasteiger partial charge >= 0.3 is 12.0 Å². The fraction of sp³-hybridized carbons (Fsp3) is 0.533. The highest BCUT2D eigenvalue weighted by Gasteiger charge is 2.38. The van der Waals surface area contributed by atoms with Crippen LogP contribution in [0, 0.1) is 5.92 Å². The molecule has 0 atom stereocenters. The van der Waals surface area contributed by atoms with Crippen LogP contribution in [0.2, 0.25) is 0 Å². The van der Waals surface area contributed by atoms with Gasteiger partial charge in [-0.3, -0.25) is 9.69 Å². The lowest BCUT2D eigenvalue weighted by atomic mass is 9.85. The second-order valence-electron chi connectivity index (χ2n) is 11.0. The number of piperidine rings is 1. The number of rotatable bonds is 5. The molecule has 0 bridgehead atoms. The molecule has 190 valence electrons. The summed E-state index contributed by atoms with van der Waals surface area (Å²) in [5.41, 5.74) is 5.08. The maximum atomic E-state index is 13.3. The molecular weight excluding hydrogens is 450 g/mol. The van der Waals surface area contributed by atoms with Crippen LogP contribution in [0.3, 0.4) is 0 Å². The fourth-order valence-corrected chi connectivity index (χ4v) is 6.65. The number of hydrogen-bond acceptors (Lipinski definition) is 4. The lowest BCUT2D eigenvalue weighted by Gasteiger charge is -2.33. The number of hydrogen-bond donors (Lipinski definition) is 1. The molecule has 6 rings (SSSR count). The number of carbonyl (C=O) groups excluding carboxylic acids is 2. The van der Waals surface area contributed by atoms with Crippen LogP contribution in [0.5, 0.6) is 5.75 Å². The van der Waals surface area contributed by atoms with Gasteiger partial charge in [-0.1, -0.05) is 18.2 Å². The fourth-order valence-electron chi connectivity index (χ4n) is 6.65. The van der Waals surface area contributed by atoms with E-state index < -0.39 is 0 Å². The quantitative estimate of drug-likeness (QED) is 0.474. The largest absolute Gasteiger partial charge is 0.426 e. The highest BCUT2D eigenvalue weighted by atomic mass is 16.5. The molecule has 1 N–H and O–H groups in total. The number of urea groups is 1. The number of anilines is 1. The molecule has 6 nitrogen and oxygen atoms in total. The van der Waals surface area contributed by atoms with Gasteiger partial charge < -0.3 is 15.0 Å². The van der Waals surface area contributed by atoms with E-state index in [1.165, 1.54) is 36.0 Å². The summed E-state index contributed by atoms with van der Waals surface area (Å²) in [5, 5.41) is 3.43. The van der Waals surface area contributed by atoms with Crippen molar-refractivity contribution in [2.75, 3.05) is 31.1 Å². The maximum absolute atomic E-state index is 13.3. The van der Waals surface area contributed by atoms with Crippen LogP contribution < -0.4 is 15.0 Å². The summed E-state index contributed by atoms with van der Waals surface area (Å²) in [6.07, 6.45) is 9.04. The summed E-state index contributed by atoms with van der Waals surface area (Å²) in [4.78, 5) is 30.1. The molecule has 0 spiro atoms. The van der Waals surface area contributed by atoms with Gasteiger partial charge in [-0.2, -0.15) is 0 Å². The Morgan fingerprint density at radius 3 is 2.39 bits per heavy atom. The van der Waals surface area contributed by atoms with E-state index in [1.54, 1.807) is 0 Å². The van der Waals surface area contributed by atoms with E-state index in [0.717, 1.165) is 70.4 Å². The monoisotopic (exact) mass is 487 g/mol. The van der Waals surface area contributed by atoms with Crippen molar-refractivity contribution in [3.63, 3.8) is 0 Å². The molecule has 6 heteroatoms. The summed E-state index contributed by atoms with van der Waals surface area (Å²) in [5.74, 6) is 1.11. The number of amides is 2. The van der Waals surface area contributed by atoms with Crippen LogP contribution in [0.4, 0.5) is 10.5 Å². The topological polar surface area (TPSA) is 61.9 Å². The molecular formula is C30H37N3O3. The number of benzene rings is 2. The average Bonchev–Trinajstić information content (AvgIpc) is 3.55. The van der Waals surface area contributed by atoms with Gasteiger partial charge in [-0.25, -0.2) is 4.79 Å². The number of carbonyl (C=O) groups is 2. The summed E-state index contributed by atoms with van der Waals surface area (Å²) >= 11 is 0. The molecule has 0 radical (unpaired) electrons. The lowest BCUT2D eigenvalue weighted by molar-refractivity contribution is -0.140. The molecule has 2 aliphatic heterocycles. The number of nitrogens with one attached hydrogen (secondary N) is 1. The molecule has 2 aliphatic carbocycles. The molecule has 3 fully saturated rings. The van der Waals surface area contributed by atoms with E-state index in [4.69, 9.17) is 4.74 Å². The van der Waals surface area contributed by atoms with Crippen molar-refractivity contribution in [2.24, 2.45) is 5.92 Å². The molecule has 2 heterocycles. The Morgan fingerprint density at radius 1 is 0.861 bits per heavy atom. The molecule has 0 unspecified atom stereocenters. The third kappa shape index (κ3) is 4.75. The van der Waals surface area contributed by atoms with Crippen LogP contribution in [-0.4, -0.2) is 49.1 Å². The van der Waals surface area contributed by atoms with E-state index in [1.807, 2.05) is 21.9 Å². The van der Waals surface area contributed by atoms with Crippen molar-refractivity contribution in [3.05, 3.63) is 59.2 Å². The second kappa shape index (κ2) is 10.3. The van der Waals surface area contributed by atoms with E-state index in [-0.39, 0.29) is 24.0 Å². The van der Waals surface area contributed by atoms with E-state index in [0.29, 0.717) is 11.7 Å². The zero-order valence-corrected chi connectivity index (χ0v) is 21.1. The SMILES string of the molecule is O=C1N(c2ccc(C3CCNCC3)cc2)CCN1[C@H]1CC[C@H](C(=O)Oc2ccc3c(c2)CCC3)CC1. The molecule has 2 aromatic rings. The zero-order valence-electron chi connectivity index (χ0n) is 21.1. The van der Waals surface area contributed by atoms with Gasteiger partial charge in [0.05, 0.1) is 5.92 Å². The van der Waals surface area contributed by atoms with Crippen molar-refractivity contribution < 1.29 is 14.3 Å². The third-order valence-electron chi connectivity index (χ3n) is 8.82. The van der Waals surface area contributed by atoms with Gasteiger partial charge in [-0.15, -0.1) is 0 Å². The number of nitrogens with zero attached hydrogens (tertiary/aromatic N) is 2. The predicted molar refractivity (Wildman–Crippen MR) is 141 cm³/mol. The van der Waals surface area contributed by atoms with Gasteiger partial charge in [-0.05, 0) is 118 Å². The maximum Gasteiger partial charge on any atom is 0.324 e. The van der Waals surface area contributed by atoms with Crippen molar-refractivity contribution in [2.45, 2.75) is 69.7 Å². The molecule has 2 amide bonds. The summed E-state index contributed by atoms with van der Waals surface area (Å²) < 4.78 is 5.76. The first-order chi connectivity index (χ1) is 17.7. The Kier molecular flexibility index (Phi) is 6.70. The minimum Gasteiger partial charge on any atom is -0.426 e.